The van der Waals surface area contributed by atoms with Crippen LogP contribution in [0.15, 0.2) is 51.1 Å². The number of nitrogens with zero attached hydrogens (tertiary/aromatic N) is 3. The number of fused-ring (bicyclic) bond motifs is 1. The summed E-state index contributed by atoms with van der Waals surface area (Å²) >= 11 is 1.47. The summed E-state index contributed by atoms with van der Waals surface area (Å²) < 4.78 is 28.7. The maximum Gasteiger partial charge on any atom is 0.285 e. The van der Waals surface area contributed by atoms with E-state index in [0.717, 1.165) is 30.7 Å². The van der Waals surface area contributed by atoms with Gasteiger partial charge in [-0.2, -0.15) is 8.42 Å². The van der Waals surface area contributed by atoms with Gasteiger partial charge >= 0.3 is 0 Å². The second-order valence-corrected chi connectivity index (χ2v) is 9.60. The number of rotatable bonds is 4. The fraction of sp³-hybridized carbons (Fsp3) is 0.400. The van der Waals surface area contributed by atoms with Crippen molar-refractivity contribution in [2.75, 3.05) is 19.6 Å². The third-order valence-electron chi connectivity index (χ3n) is 5.27. The predicted molar refractivity (Wildman–Crippen MR) is 110 cm³/mol. The van der Waals surface area contributed by atoms with E-state index in [9.17, 15) is 13.2 Å². The fourth-order valence-corrected chi connectivity index (χ4v) is 5.85. The Morgan fingerprint density at radius 2 is 1.96 bits per heavy atom. The zero-order chi connectivity index (χ0) is 19.7. The van der Waals surface area contributed by atoms with E-state index in [1.54, 1.807) is 12.1 Å². The van der Waals surface area contributed by atoms with Gasteiger partial charge in [0, 0.05) is 31.2 Å². The van der Waals surface area contributed by atoms with Crippen LogP contribution in [0.2, 0.25) is 0 Å². The molecule has 1 saturated heterocycles. The van der Waals surface area contributed by atoms with Crippen molar-refractivity contribution in [2.45, 2.75) is 37.1 Å². The largest absolute Gasteiger partial charge is 0.355 e. The van der Waals surface area contributed by atoms with Crippen LogP contribution in [0.5, 0.6) is 0 Å². The highest BCUT2D eigenvalue weighted by Gasteiger charge is 2.35. The van der Waals surface area contributed by atoms with Crippen molar-refractivity contribution in [3.8, 4) is 0 Å². The average molecular weight is 418 g/mol. The number of hydrogen-bond donors (Lipinski definition) is 0. The van der Waals surface area contributed by atoms with Crippen molar-refractivity contribution >= 4 is 33.1 Å². The number of likely N-dealkylation sites (tertiary alicyclic amines) is 1. The molecule has 0 saturated carbocycles. The summed E-state index contributed by atoms with van der Waals surface area (Å²) in [4.78, 5) is 18.0. The van der Waals surface area contributed by atoms with Crippen LogP contribution in [0.1, 0.15) is 41.4 Å². The first-order valence-corrected chi connectivity index (χ1v) is 11.9. The molecule has 2 aliphatic heterocycles. The molecule has 28 heavy (non-hydrogen) atoms. The molecule has 0 spiro atoms. The Bertz CT molecular complexity index is 991. The number of hydrogen-bond acceptors (Lipinski definition) is 5. The van der Waals surface area contributed by atoms with Crippen LogP contribution in [0.3, 0.4) is 0 Å². The van der Waals surface area contributed by atoms with E-state index in [4.69, 9.17) is 0 Å². The lowest BCUT2D eigenvalue weighted by Gasteiger charge is -2.39. The molecule has 1 aromatic carbocycles. The number of thiophene rings is 1. The molecule has 2 aliphatic rings. The van der Waals surface area contributed by atoms with E-state index < -0.39 is 10.0 Å². The predicted octanol–water partition coefficient (Wildman–Crippen LogP) is 3.21. The third-order valence-corrected chi connectivity index (χ3v) is 7.46. The number of carbonyl (C=O) groups excluding carboxylic acids is 1. The SMILES string of the molecule is CCCN(C(=O)c1cccs1)C1CCN(C2=NS(=O)(=O)c3ccccc32)CC1. The van der Waals surface area contributed by atoms with Gasteiger partial charge in [-0.3, -0.25) is 4.79 Å². The molecular formula is C20H23N3O3S2. The highest BCUT2D eigenvalue weighted by Crippen LogP contribution is 2.30. The van der Waals surface area contributed by atoms with Crippen LogP contribution in [0.25, 0.3) is 0 Å². The van der Waals surface area contributed by atoms with Gasteiger partial charge in [0.15, 0.2) is 5.84 Å². The standard InChI is InChI=1S/C20H23N3O3S2/c1-2-11-23(20(24)17-7-5-14-27-17)15-9-12-22(13-10-15)19-16-6-3-4-8-18(16)28(25,26)21-19/h3-8,14-15H,2,9-13H2,1H3. The molecule has 1 amide bonds. The van der Waals surface area contributed by atoms with Crippen molar-refractivity contribution in [2.24, 2.45) is 4.40 Å². The molecule has 4 rings (SSSR count). The Kier molecular flexibility index (Phi) is 5.25. The fourth-order valence-electron chi connectivity index (χ4n) is 3.94. The van der Waals surface area contributed by atoms with Crippen molar-refractivity contribution in [1.82, 2.24) is 9.80 Å². The van der Waals surface area contributed by atoms with Gasteiger partial charge in [0.05, 0.1) is 4.88 Å². The Hall–Kier alpha value is -2.19. The van der Waals surface area contributed by atoms with Gasteiger partial charge in [0.2, 0.25) is 0 Å². The van der Waals surface area contributed by atoms with Crippen LogP contribution in [-0.2, 0) is 10.0 Å². The van der Waals surface area contributed by atoms with Crippen molar-refractivity contribution in [3.05, 3.63) is 52.2 Å². The highest BCUT2D eigenvalue weighted by atomic mass is 32.2. The molecule has 0 N–H and O–H groups in total. The van der Waals surface area contributed by atoms with E-state index in [0.29, 0.717) is 24.5 Å². The van der Waals surface area contributed by atoms with Gasteiger partial charge in [-0.1, -0.05) is 25.1 Å². The van der Waals surface area contributed by atoms with Gasteiger partial charge in [-0.25, -0.2) is 0 Å². The van der Waals surface area contributed by atoms with Gasteiger partial charge < -0.3 is 9.80 Å². The number of amidine groups is 1. The van der Waals surface area contributed by atoms with Gasteiger partial charge in [0.1, 0.15) is 4.90 Å². The number of sulfonamides is 1. The molecular weight excluding hydrogens is 394 g/mol. The van der Waals surface area contributed by atoms with Crippen LogP contribution in [0, 0.1) is 0 Å². The van der Waals surface area contributed by atoms with E-state index in [1.807, 2.05) is 39.4 Å². The van der Waals surface area contributed by atoms with Crippen molar-refractivity contribution in [3.63, 3.8) is 0 Å². The monoisotopic (exact) mass is 417 g/mol. The maximum atomic E-state index is 12.9. The first kappa shape index (κ1) is 19.1. The van der Waals surface area contributed by atoms with Crippen LogP contribution in [-0.4, -0.2) is 55.6 Å². The highest BCUT2D eigenvalue weighted by molar-refractivity contribution is 7.90. The van der Waals surface area contributed by atoms with E-state index in [-0.39, 0.29) is 16.8 Å². The maximum absolute atomic E-state index is 12.9. The van der Waals surface area contributed by atoms with Crippen molar-refractivity contribution in [1.29, 1.82) is 0 Å². The summed E-state index contributed by atoms with van der Waals surface area (Å²) in [6.07, 6.45) is 2.52. The minimum atomic E-state index is -3.60. The van der Waals surface area contributed by atoms with Crippen LogP contribution >= 0.6 is 11.3 Å². The molecule has 148 valence electrons. The van der Waals surface area contributed by atoms with E-state index in [1.165, 1.54) is 11.3 Å². The second-order valence-electron chi connectivity index (χ2n) is 7.08. The molecule has 6 nitrogen and oxygen atoms in total. The topological polar surface area (TPSA) is 70.1 Å². The minimum Gasteiger partial charge on any atom is -0.355 e. The summed E-state index contributed by atoms with van der Waals surface area (Å²) in [6.45, 7) is 4.19. The number of carbonyl (C=O) groups is 1. The molecule has 0 aliphatic carbocycles. The lowest BCUT2D eigenvalue weighted by Crippen LogP contribution is -2.49. The number of piperidine rings is 1. The smallest absolute Gasteiger partial charge is 0.285 e. The summed E-state index contributed by atoms with van der Waals surface area (Å²) in [7, 11) is -3.60. The lowest BCUT2D eigenvalue weighted by molar-refractivity contribution is 0.0617. The molecule has 0 radical (unpaired) electrons. The molecule has 0 bridgehead atoms. The summed E-state index contributed by atoms with van der Waals surface area (Å²) in [6, 6.07) is 10.9. The molecule has 1 fully saturated rings. The first-order valence-electron chi connectivity index (χ1n) is 9.55. The van der Waals surface area contributed by atoms with Crippen LogP contribution < -0.4 is 0 Å². The quantitative estimate of drug-likeness (QED) is 0.766. The number of amides is 1. The van der Waals surface area contributed by atoms with E-state index in [2.05, 4.69) is 11.3 Å². The Morgan fingerprint density at radius 1 is 1.21 bits per heavy atom. The van der Waals surface area contributed by atoms with Gasteiger partial charge in [0.25, 0.3) is 15.9 Å². The summed E-state index contributed by atoms with van der Waals surface area (Å²) in [5.41, 5.74) is 0.682. The van der Waals surface area contributed by atoms with Crippen LogP contribution in [0.4, 0.5) is 0 Å². The molecule has 1 aromatic heterocycles. The zero-order valence-corrected chi connectivity index (χ0v) is 17.4. The molecule has 8 heteroatoms. The Morgan fingerprint density at radius 3 is 2.64 bits per heavy atom. The Balaban J connectivity index is 1.49. The van der Waals surface area contributed by atoms with E-state index >= 15 is 0 Å². The number of benzene rings is 1. The third kappa shape index (κ3) is 3.46. The minimum absolute atomic E-state index is 0.0985. The molecule has 0 unspecified atom stereocenters. The second kappa shape index (κ2) is 7.67. The van der Waals surface area contributed by atoms with Gasteiger partial charge in [-0.15, -0.1) is 15.7 Å². The normalized spacial score (nSPS) is 18.6. The summed E-state index contributed by atoms with van der Waals surface area (Å²) in [5, 5.41) is 1.93. The molecule has 2 aromatic rings. The lowest BCUT2D eigenvalue weighted by atomic mass is 10.0. The Labute approximate surface area is 169 Å². The zero-order valence-electron chi connectivity index (χ0n) is 15.7. The average Bonchev–Trinajstić information content (AvgIpc) is 3.33. The first-order chi connectivity index (χ1) is 13.5. The molecule has 3 heterocycles. The molecule has 0 atom stereocenters. The van der Waals surface area contributed by atoms with Crippen molar-refractivity contribution < 1.29 is 13.2 Å². The summed E-state index contributed by atoms with van der Waals surface area (Å²) in [5.74, 6) is 0.641. The van der Waals surface area contributed by atoms with Gasteiger partial charge in [-0.05, 0) is 42.8 Å².